The first-order valence-electron chi connectivity index (χ1n) is 9.09. The monoisotopic (exact) mass is 445 g/mol. The van der Waals surface area contributed by atoms with Gasteiger partial charge in [0.05, 0.1) is 5.57 Å². The van der Waals surface area contributed by atoms with Crippen LogP contribution >= 0.6 is 27.3 Å². The summed E-state index contributed by atoms with van der Waals surface area (Å²) in [7, 11) is 0. The number of carbonyl (C=O) groups is 2. The van der Waals surface area contributed by atoms with Crippen LogP contribution in [-0.2, 0) is 9.59 Å². The average Bonchev–Trinajstić information content (AvgIpc) is 3.37. The lowest BCUT2D eigenvalue weighted by Crippen LogP contribution is -2.37. The molecule has 1 aliphatic heterocycles. The molecule has 2 heterocycles. The van der Waals surface area contributed by atoms with E-state index in [1.165, 1.54) is 11.3 Å². The molecule has 1 saturated carbocycles. The second-order valence-corrected chi connectivity index (χ2v) is 8.98. The van der Waals surface area contributed by atoms with Gasteiger partial charge in [0.1, 0.15) is 11.8 Å². The molecule has 6 heteroatoms. The SMILES string of the molecule is Cc1ccsc1C1/C(=C(/O)c2ccc(Br)cc2)C(=O)C(=O)N1C1CCCC1. The Morgan fingerprint density at radius 2 is 1.81 bits per heavy atom. The Kier molecular flexibility index (Phi) is 4.95. The molecular weight excluding hydrogens is 426 g/mol. The molecule has 1 amide bonds. The lowest BCUT2D eigenvalue weighted by Gasteiger charge is -2.30. The van der Waals surface area contributed by atoms with Gasteiger partial charge in [-0.3, -0.25) is 9.59 Å². The molecule has 1 atom stereocenters. The number of aliphatic hydroxyl groups is 1. The van der Waals surface area contributed by atoms with Crippen molar-refractivity contribution in [2.75, 3.05) is 0 Å². The Balaban J connectivity index is 1.89. The quantitative estimate of drug-likeness (QED) is 0.402. The van der Waals surface area contributed by atoms with Gasteiger partial charge < -0.3 is 10.0 Å². The van der Waals surface area contributed by atoms with Crippen molar-refractivity contribution in [2.24, 2.45) is 0 Å². The van der Waals surface area contributed by atoms with Gasteiger partial charge in [-0.05, 0) is 48.9 Å². The van der Waals surface area contributed by atoms with E-state index in [4.69, 9.17) is 0 Å². The van der Waals surface area contributed by atoms with E-state index in [0.29, 0.717) is 5.56 Å². The van der Waals surface area contributed by atoms with Gasteiger partial charge in [0.2, 0.25) is 0 Å². The number of hydrogen-bond donors (Lipinski definition) is 1. The molecule has 1 aliphatic carbocycles. The average molecular weight is 446 g/mol. The van der Waals surface area contributed by atoms with Crippen molar-refractivity contribution in [3.05, 3.63) is 61.8 Å². The second-order valence-electron chi connectivity index (χ2n) is 7.12. The molecule has 0 radical (unpaired) electrons. The largest absolute Gasteiger partial charge is 0.507 e. The zero-order chi connectivity index (χ0) is 19.1. The number of aliphatic hydroxyl groups excluding tert-OH is 1. The van der Waals surface area contributed by atoms with E-state index in [2.05, 4.69) is 15.9 Å². The van der Waals surface area contributed by atoms with Crippen molar-refractivity contribution < 1.29 is 14.7 Å². The van der Waals surface area contributed by atoms with Crippen LogP contribution in [0.1, 0.15) is 47.7 Å². The third-order valence-electron chi connectivity index (χ3n) is 5.47. The molecule has 2 fully saturated rings. The number of likely N-dealkylation sites (tertiary alicyclic amines) is 1. The maximum absolute atomic E-state index is 13.0. The number of Topliss-reactive ketones (excluding diaryl/α,β-unsaturated/α-hetero) is 1. The molecule has 1 aromatic carbocycles. The van der Waals surface area contributed by atoms with Crippen LogP contribution in [0.15, 0.2) is 45.8 Å². The first kappa shape index (κ1) is 18.4. The van der Waals surface area contributed by atoms with Crippen LogP contribution < -0.4 is 0 Å². The van der Waals surface area contributed by atoms with Crippen LogP contribution in [0, 0.1) is 6.92 Å². The van der Waals surface area contributed by atoms with E-state index in [0.717, 1.165) is 40.6 Å². The third-order valence-corrected chi connectivity index (χ3v) is 7.07. The van der Waals surface area contributed by atoms with Gasteiger partial charge in [-0.15, -0.1) is 11.3 Å². The summed E-state index contributed by atoms with van der Waals surface area (Å²) in [6.45, 7) is 1.99. The number of aryl methyl sites for hydroxylation is 1. The fraction of sp³-hybridized carbons (Fsp3) is 0.333. The van der Waals surface area contributed by atoms with Crippen molar-refractivity contribution in [3.63, 3.8) is 0 Å². The highest BCUT2D eigenvalue weighted by molar-refractivity contribution is 9.10. The zero-order valence-corrected chi connectivity index (χ0v) is 17.3. The highest BCUT2D eigenvalue weighted by atomic mass is 79.9. The summed E-state index contributed by atoms with van der Waals surface area (Å²) in [5.74, 6) is -1.17. The summed E-state index contributed by atoms with van der Waals surface area (Å²) in [5.41, 5.74) is 1.79. The molecule has 1 saturated heterocycles. The predicted molar refractivity (Wildman–Crippen MR) is 110 cm³/mol. The first-order valence-corrected chi connectivity index (χ1v) is 10.8. The van der Waals surface area contributed by atoms with E-state index in [-0.39, 0.29) is 17.4 Å². The molecule has 4 nitrogen and oxygen atoms in total. The van der Waals surface area contributed by atoms with E-state index in [1.54, 1.807) is 17.0 Å². The van der Waals surface area contributed by atoms with Crippen molar-refractivity contribution >= 4 is 44.7 Å². The number of halogens is 1. The fourth-order valence-corrected chi connectivity index (χ4v) is 5.39. The maximum Gasteiger partial charge on any atom is 0.295 e. The molecule has 0 bridgehead atoms. The van der Waals surface area contributed by atoms with Gasteiger partial charge in [-0.2, -0.15) is 0 Å². The fourth-order valence-electron chi connectivity index (χ4n) is 4.09. The third kappa shape index (κ3) is 3.15. The lowest BCUT2D eigenvalue weighted by atomic mass is 9.98. The molecular formula is C21H20BrNO3S. The van der Waals surface area contributed by atoms with E-state index in [9.17, 15) is 14.7 Å². The summed E-state index contributed by atoms with van der Waals surface area (Å²) in [6, 6.07) is 8.68. The smallest absolute Gasteiger partial charge is 0.295 e. The maximum atomic E-state index is 13.0. The molecule has 2 aromatic rings. The highest BCUT2D eigenvalue weighted by Crippen LogP contribution is 2.45. The molecule has 27 heavy (non-hydrogen) atoms. The van der Waals surface area contributed by atoms with Crippen LogP contribution in [0.4, 0.5) is 0 Å². The first-order chi connectivity index (χ1) is 13.0. The summed E-state index contributed by atoms with van der Waals surface area (Å²) >= 11 is 4.91. The molecule has 4 rings (SSSR count). The number of benzene rings is 1. The van der Waals surface area contributed by atoms with Gasteiger partial charge >= 0.3 is 0 Å². The number of amides is 1. The zero-order valence-electron chi connectivity index (χ0n) is 14.9. The van der Waals surface area contributed by atoms with Crippen molar-refractivity contribution in [1.29, 1.82) is 0 Å². The second kappa shape index (κ2) is 7.24. The summed E-state index contributed by atoms with van der Waals surface area (Å²) < 4.78 is 0.885. The molecule has 1 unspecified atom stereocenters. The molecule has 0 spiro atoms. The van der Waals surface area contributed by atoms with E-state index in [1.807, 2.05) is 30.5 Å². The van der Waals surface area contributed by atoms with Crippen molar-refractivity contribution in [1.82, 2.24) is 4.90 Å². The Morgan fingerprint density at radius 3 is 2.41 bits per heavy atom. The van der Waals surface area contributed by atoms with Gasteiger partial charge in [-0.1, -0.05) is 40.9 Å². The summed E-state index contributed by atoms with van der Waals surface area (Å²) in [4.78, 5) is 28.6. The minimum atomic E-state index is -0.583. The minimum Gasteiger partial charge on any atom is -0.507 e. The van der Waals surface area contributed by atoms with Crippen molar-refractivity contribution in [3.8, 4) is 0 Å². The Labute approximate surface area is 170 Å². The van der Waals surface area contributed by atoms with Crippen molar-refractivity contribution in [2.45, 2.75) is 44.7 Å². The lowest BCUT2D eigenvalue weighted by molar-refractivity contribution is -0.141. The normalized spacial score (nSPS) is 22.7. The Hall–Kier alpha value is -1.92. The Bertz CT molecular complexity index is 925. The highest BCUT2D eigenvalue weighted by Gasteiger charge is 2.49. The van der Waals surface area contributed by atoms with Crippen LogP contribution in [-0.4, -0.2) is 27.7 Å². The van der Waals surface area contributed by atoms with E-state index >= 15 is 0 Å². The van der Waals surface area contributed by atoms with Crippen LogP contribution in [0.2, 0.25) is 0 Å². The van der Waals surface area contributed by atoms with Gasteiger partial charge in [0, 0.05) is 21.0 Å². The Morgan fingerprint density at radius 1 is 1.15 bits per heavy atom. The number of hydrogen-bond acceptors (Lipinski definition) is 4. The standard InChI is InChI=1S/C21H20BrNO3S/c1-12-10-11-27-20(12)17-16(18(24)13-6-8-14(22)9-7-13)19(25)21(26)23(17)15-4-2-3-5-15/h6-11,15,17,24H,2-5H2,1H3/b18-16-. The van der Waals surface area contributed by atoms with Crippen LogP contribution in [0.5, 0.6) is 0 Å². The molecule has 2 aliphatic rings. The number of rotatable bonds is 3. The predicted octanol–water partition coefficient (Wildman–Crippen LogP) is 5.18. The number of nitrogens with zero attached hydrogens (tertiary/aromatic N) is 1. The summed E-state index contributed by atoms with van der Waals surface area (Å²) in [6.07, 6.45) is 3.95. The van der Waals surface area contributed by atoms with E-state index < -0.39 is 17.7 Å². The minimum absolute atomic E-state index is 0.0585. The van der Waals surface area contributed by atoms with Gasteiger partial charge in [0.15, 0.2) is 0 Å². The number of ketones is 1. The molecule has 140 valence electrons. The van der Waals surface area contributed by atoms with Gasteiger partial charge in [0.25, 0.3) is 11.7 Å². The van der Waals surface area contributed by atoms with Crippen LogP contribution in [0.25, 0.3) is 5.76 Å². The van der Waals surface area contributed by atoms with Crippen LogP contribution in [0.3, 0.4) is 0 Å². The summed E-state index contributed by atoms with van der Waals surface area (Å²) in [5, 5.41) is 13.0. The topological polar surface area (TPSA) is 57.6 Å². The number of thiophene rings is 1. The number of carbonyl (C=O) groups excluding carboxylic acids is 2. The molecule has 1 aromatic heterocycles. The van der Waals surface area contributed by atoms with Gasteiger partial charge in [-0.25, -0.2) is 0 Å². The molecule has 1 N–H and O–H groups in total.